The number of furan rings is 1. The van der Waals surface area contributed by atoms with E-state index in [1.165, 1.54) is 30.5 Å². The molecule has 1 aromatic heterocycles. The Bertz CT molecular complexity index is 1320. The topological polar surface area (TPSA) is 187 Å². The molecule has 0 bridgehead atoms. The predicted molar refractivity (Wildman–Crippen MR) is 123 cm³/mol. The Kier molecular flexibility index (Phi) is 7.30. The van der Waals surface area contributed by atoms with Crippen LogP contribution >= 0.6 is 12.2 Å². The third-order valence-corrected chi connectivity index (χ3v) is 5.87. The first-order valence-corrected chi connectivity index (χ1v) is 11.1. The maximum atomic E-state index is 12.4. The van der Waals surface area contributed by atoms with Gasteiger partial charge in [0.05, 0.1) is 39.2 Å². The van der Waals surface area contributed by atoms with Crippen molar-refractivity contribution in [3.05, 3.63) is 92.4 Å². The van der Waals surface area contributed by atoms with Gasteiger partial charge in [0.2, 0.25) is 10.0 Å². The van der Waals surface area contributed by atoms with E-state index in [2.05, 4.69) is 15.4 Å². The second-order valence-electron chi connectivity index (χ2n) is 6.59. The van der Waals surface area contributed by atoms with Crippen LogP contribution in [0.3, 0.4) is 0 Å². The highest BCUT2D eigenvalue weighted by Gasteiger charge is 2.20. The van der Waals surface area contributed by atoms with Crippen molar-refractivity contribution in [2.75, 3.05) is 5.32 Å². The first-order valence-electron chi connectivity index (χ1n) is 9.23. The van der Waals surface area contributed by atoms with Crippen molar-refractivity contribution in [3.8, 4) is 0 Å². The third kappa shape index (κ3) is 6.18. The summed E-state index contributed by atoms with van der Waals surface area (Å²) in [5.74, 6) is -0.470. The lowest BCUT2D eigenvalue weighted by Gasteiger charge is -2.11. The number of nitro groups is 2. The Morgan fingerprint density at radius 3 is 2.15 bits per heavy atom. The normalized spacial score (nSPS) is 10.9. The minimum atomic E-state index is -3.81. The van der Waals surface area contributed by atoms with E-state index in [4.69, 9.17) is 16.6 Å². The zero-order chi connectivity index (χ0) is 24.9. The summed E-state index contributed by atoms with van der Waals surface area (Å²) in [6, 6.07) is 11.1. The van der Waals surface area contributed by atoms with E-state index in [-0.39, 0.29) is 22.1 Å². The summed E-state index contributed by atoms with van der Waals surface area (Å²) in [5.41, 5.74) is -1.26. The number of sulfonamides is 1. The van der Waals surface area contributed by atoms with Gasteiger partial charge in [-0.05, 0) is 48.6 Å². The number of hydrogen-bond acceptors (Lipinski definition) is 9. The molecule has 0 radical (unpaired) electrons. The quantitative estimate of drug-likeness (QED) is 0.233. The highest BCUT2D eigenvalue weighted by atomic mass is 32.2. The lowest BCUT2D eigenvalue weighted by atomic mass is 10.1. The van der Waals surface area contributed by atoms with Crippen molar-refractivity contribution >= 4 is 50.3 Å². The zero-order valence-corrected chi connectivity index (χ0v) is 18.6. The van der Waals surface area contributed by atoms with Crippen LogP contribution in [0.25, 0.3) is 0 Å². The molecule has 0 unspecified atom stereocenters. The number of non-ortho nitro benzene ring substituents is 2. The second-order valence-corrected chi connectivity index (χ2v) is 8.76. The lowest BCUT2D eigenvalue weighted by molar-refractivity contribution is -0.394. The summed E-state index contributed by atoms with van der Waals surface area (Å²) in [5, 5.41) is 26.6. The zero-order valence-electron chi connectivity index (χ0n) is 17.0. The second kappa shape index (κ2) is 10.2. The number of thiocarbonyl (C=S) groups is 1. The van der Waals surface area contributed by atoms with Crippen molar-refractivity contribution in [3.63, 3.8) is 0 Å². The Labute approximate surface area is 197 Å². The number of anilines is 1. The highest BCUT2D eigenvalue weighted by molar-refractivity contribution is 7.89. The molecular formula is C19H15N5O8S2. The van der Waals surface area contributed by atoms with E-state index in [1.54, 1.807) is 12.1 Å². The molecule has 1 amide bonds. The highest BCUT2D eigenvalue weighted by Crippen LogP contribution is 2.22. The molecular weight excluding hydrogens is 490 g/mol. The van der Waals surface area contributed by atoms with Crippen molar-refractivity contribution in [1.29, 1.82) is 0 Å². The lowest BCUT2D eigenvalue weighted by Crippen LogP contribution is -2.34. The van der Waals surface area contributed by atoms with Crippen LogP contribution in [0, 0.1) is 20.2 Å². The number of carbonyl (C=O) groups excluding carboxylic acids is 1. The van der Waals surface area contributed by atoms with E-state index in [0.29, 0.717) is 11.4 Å². The van der Waals surface area contributed by atoms with E-state index in [0.717, 1.165) is 18.2 Å². The molecule has 3 aromatic rings. The van der Waals surface area contributed by atoms with E-state index in [9.17, 15) is 33.4 Å². The third-order valence-electron chi connectivity index (χ3n) is 4.25. The Hall–Kier alpha value is -4.21. The van der Waals surface area contributed by atoms with Crippen molar-refractivity contribution in [2.24, 2.45) is 0 Å². The Balaban J connectivity index is 1.64. The Morgan fingerprint density at radius 1 is 1.00 bits per heavy atom. The molecule has 176 valence electrons. The average molecular weight is 505 g/mol. The molecule has 3 rings (SSSR count). The molecule has 15 heteroatoms. The molecule has 0 fully saturated rings. The monoisotopic (exact) mass is 505 g/mol. The maximum absolute atomic E-state index is 12.4. The van der Waals surface area contributed by atoms with E-state index in [1.807, 2.05) is 0 Å². The van der Waals surface area contributed by atoms with Gasteiger partial charge in [0.1, 0.15) is 5.76 Å². The Morgan fingerprint density at radius 2 is 1.62 bits per heavy atom. The van der Waals surface area contributed by atoms with Gasteiger partial charge in [0.25, 0.3) is 17.3 Å². The predicted octanol–water partition coefficient (Wildman–Crippen LogP) is 2.70. The van der Waals surface area contributed by atoms with Gasteiger partial charge >= 0.3 is 0 Å². The molecule has 0 aliphatic heterocycles. The first kappa shape index (κ1) is 24.4. The summed E-state index contributed by atoms with van der Waals surface area (Å²) in [7, 11) is -3.81. The summed E-state index contributed by atoms with van der Waals surface area (Å²) < 4.78 is 32.2. The summed E-state index contributed by atoms with van der Waals surface area (Å²) in [4.78, 5) is 32.6. The van der Waals surface area contributed by atoms with Crippen molar-refractivity contribution < 1.29 is 27.5 Å². The van der Waals surface area contributed by atoms with Crippen molar-refractivity contribution in [1.82, 2.24) is 10.0 Å². The number of carbonyl (C=O) groups is 1. The van der Waals surface area contributed by atoms with E-state index < -0.39 is 37.2 Å². The van der Waals surface area contributed by atoms with Crippen LogP contribution in [0.4, 0.5) is 17.1 Å². The van der Waals surface area contributed by atoms with Crippen LogP contribution in [0.1, 0.15) is 16.1 Å². The van der Waals surface area contributed by atoms with Crippen LogP contribution in [-0.4, -0.2) is 29.3 Å². The SMILES string of the molecule is O=C(NC(=S)Nc1ccc(S(=O)(=O)NCc2ccco2)cc1)c1cc([N+](=O)[O-])cc([N+](=O)[O-])c1. The maximum Gasteiger partial charge on any atom is 0.277 e. The van der Waals surface area contributed by atoms with Crippen LogP contribution in [0.2, 0.25) is 0 Å². The molecule has 13 nitrogen and oxygen atoms in total. The molecule has 0 saturated carbocycles. The number of amides is 1. The number of nitrogens with zero attached hydrogens (tertiary/aromatic N) is 2. The minimum Gasteiger partial charge on any atom is -0.468 e. The molecule has 0 spiro atoms. The van der Waals surface area contributed by atoms with Gasteiger partial charge in [-0.1, -0.05) is 0 Å². The van der Waals surface area contributed by atoms with Gasteiger partial charge in [0, 0.05) is 17.8 Å². The summed E-state index contributed by atoms with van der Waals surface area (Å²) in [6.07, 6.45) is 1.42. The molecule has 34 heavy (non-hydrogen) atoms. The number of benzene rings is 2. The van der Waals surface area contributed by atoms with Gasteiger partial charge in [-0.2, -0.15) is 0 Å². The van der Waals surface area contributed by atoms with Gasteiger partial charge in [-0.3, -0.25) is 30.3 Å². The molecule has 3 N–H and O–H groups in total. The molecule has 0 aliphatic rings. The van der Waals surface area contributed by atoms with Gasteiger partial charge in [-0.25, -0.2) is 13.1 Å². The van der Waals surface area contributed by atoms with Crippen LogP contribution < -0.4 is 15.4 Å². The standard InChI is InChI=1S/C19H15N5O8S2/c25-18(12-8-14(23(26)27)10-15(9-12)24(28)29)22-19(33)21-13-3-5-17(6-4-13)34(30,31)20-11-16-2-1-7-32-16/h1-10,20H,11H2,(H2,21,22,25,33). The van der Waals surface area contributed by atoms with E-state index >= 15 is 0 Å². The van der Waals surface area contributed by atoms with Gasteiger partial charge in [-0.15, -0.1) is 0 Å². The molecule has 2 aromatic carbocycles. The van der Waals surface area contributed by atoms with Crippen LogP contribution in [0.15, 0.2) is 70.2 Å². The fraction of sp³-hybridized carbons (Fsp3) is 0.0526. The number of nitrogens with one attached hydrogen (secondary N) is 3. The largest absolute Gasteiger partial charge is 0.468 e. The fourth-order valence-electron chi connectivity index (χ4n) is 2.65. The van der Waals surface area contributed by atoms with Crippen molar-refractivity contribution in [2.45, 2.75) is 11.4 Å². The minimum absolute atomic E-state index is 0.0246. The average Bonchev–Trinajstić information content (AvgIpc) is 3.31. The van der Waals surface area contributed by atoms with Crippen LogP contribution in [-0.2, 0) is 16.6 Å². The fourth-order valence-corrected chi connectivity index (χ4v) is 3.86. The number of rotatable bonds is 8. The first-order chi connectivity index (χ1) is 16.0. The smallest absolute Gasteiger partial charge is 0.277 e. The molecule has 0 aliphatic carbocycles. The summed E-state index contributed by atoms with van der Waals surface area (Å²) >= 11 is 5.02. The number of hydrogen-bond donors (Lipinski definition) is 3. The number of nitro benzene ring substituents is 2. The molecule has 0 atom stereocenters. The van der Waals surface area contributed by atoms with Gasteiger partial charge < -0.3 is 9.73 Å². The summed E-state index contributed by atoms with van der Waals surface area (Å²) in [6.45, 7) is -0.0265. The molecule has 1 heterocycles. The van der Waals surface area contributed by atoms with Crippen LogP contribution in [0.5, 0.6) is 0 Å². The molecule has 0 saturated heterocycles. The van der Waals surface area contributed by atoms with Gasteiger partial charge in [0.15, 0.2) is 5.11 Å².